The standard InChI is InChI=1S/C16H30N2O/c1-4-6-15-17-14(11-12(2)3)16(19)18(15)10-9-13-7-5-8-13/h12-15,17H,4-11H2,1-3H3. The highest BCUT2D eigenvalue weighted by Crippen LogP contribution is 2.30. The Labute approximate surface area is 118 Å². The third kappa shape index (κ3) is 3.71. The van der Waals surface area contributed by atoms with Gasteiger partial charge in [-0.15, -0.1) is 0 Å². The molecule has 0 bridgehead atoms. The molecule has 1 amide bonds. The molecule has 1 saturated heterocycles. The lowest BCUT2D eigenvalue weighted by Crippen LogP contribution is -2.38. The van der Waals surface area contributed by atoms with E-state index in [0.717, 1.165) is 31.7 Å². The van der Waals surface area contributed by atoms with Crippen LogP contribution in [0.2, 0.25) is 0 Å². The van der Waals surface area contributed by atoms with Crippen LogP contribution in [-0.4, -0.2) is 29.6 Å². The van der Waals surface area contributed by atoms with Crippen molar-refractivity contribution in [2.24, 2.45) is 11.8 Å². The third-order valence-corrected chi connectivity index (χ3v) is 4.62. The molecule has 0 radical (unpaired) electrons. The summed E-state index contributed by atoms with van der Waals surface area (Å²) in [5, 5.41) is 3.56. The Hall–Kier alpha value is -0.570. The Morgan fingerprint density at radius 1 is 1.32 bits per heavy atom. The van der Waals surface area contributed by atoms with Gasteiger partial charge in [-0.25, -0.2) is 0 Å². The maximum atomic E-state index is 12.5. The Kier molecular flexibility index (Phi) is 5.26. The molecule has 1 aliphatic heterocycles. The molecule has 1 saturated carbocycles. The number of hydrogen-bond donors (Lipinski definition) is 1. The fourth-order valence-corrected chi connectivity index (χ4v) is 3.27. The SMILES string of the molecule is CCCC1NC(CC(C)C)C(=O)N1CCC1CCC1. The molecule has 110 valence electrons. The van der Waals surface area contributed by atoms with E-state index in [4.69, 9.17) is 0 Å². The molecule has 3 heteroatoms. The van der Waals surface area contributed by atoms with Crippen molar-refractivity contribution >= 4 is 5.91 Å². The van der Waals surface area contributed by atoms with Crippen molar-refractivity contribution in [2.45, 2.75) is 77.9 Å². The molecule has 2 rings (SSSR count). The van der Waals surface area contributed by atoms with Crippen LogP contribution < -0.4 is 5.32 Å². The van der Waals surface area contributed by atoms with Crippen LogP contribution in [0.4, 0.5) is 0 Å². The second-order valence-corrected chi connectivity index (χ2v) is 6.77. The van der Waals surface area contributed by atoms with E-state index >= 15 is 0 Å². The summed E-state index contributed by atoms with van der Waals surface area (Å²) in [5.41, 5.74) is 0. The first kappa shape index (κ1) is 14.8. The van der Waals surface area contributed by atoms with Gasteiger partial charge in [0.05, 0.1) is 12.2 Å². The van der Waals surface area contributed by atoms with Crippen LogP contribution in [0.1, 0.15) is 65.7 Å². The highest BCUT2D eigenvalue weighted by Gasteiger charge is 2.38. The summed E-state index contributed by atoms with van der Waals surface area (Å²) in [6.07, 6.45) is 8.85. The lowest BCUT2D eigenvalue weighted by atomic mass is 9.83. The van der Waals surface area contributed by atoms with Crippen LogP contribution in [0.3, 0.4) is 0 Å². The van der Waals surface area contributed by atoms with Gasteiger partial charge in [-0.2, -0.15) is 0 Å². The second kappa shape index (κ2) is 6.74. The first-order valence-corrected chi connectivity index (χ1v) is 8.18. The quantitative estimate of drug-likeness (QED) is 0.767. The maximum Gasteiger partial charge on any atom is 0.241 e. The van der Waals surface area contributed by atoms with Crippen LogP contribution in [0.15, 0.2) is 0 Å². The monoisotopic (exact) mass is 266 g/mol. The molecule has 1 aliphatic carbocycles. The van der Waals surface area contributed by atoms with Gasteiger partial charge in [0.2, 0.25) is 5.91 Å². The zero-order valence-corrected chi connectivity index (χ0v) is 12.8. The van der Waals surface area contributed by atoms with E-state index in [9.17, 15) is 4.79 Å². The fourth-order valence-electron chi connectivity index (χ4n) is 3.27. The maximum absolute atomic E-state index is 12.5. The Morgan fingerprint density at radius 2 is 2.05 bits per heavy atom. The molecule has 2 unspecified atom stereocenters. The van der Waals surface area contributed by atoms with Gasteiger partial charge in [0.15, 0.2) is 0 Å². The lowest BCUT2D eigenvalue weighted by Gasteiger charge is -2.30. The molecule has 0 aromatic heterocycles. The zero-order chi connectivity index (χ0) is 13.8. The van der Waals surface area contributed by atoms with Gasteiger partial charge in [-0.1, -0.05) is 46.5 Å². The number of nitrogens with one attached hydrogen (secondary N) is 1. The highest BCUT2D eigenvalue weighted by atomic mass is 16.2. The molecule has 0 spiro atoms. The summed E-state index contributed by atoms with van der Waals surface area (Å²) in [4.78, 5) is 14.6. The van der Waals surface area contributed by atoms with Crippen LogP contribution in [0.5, 0.6) is 0 Å². The van der Waals surface area contributed by atoms with Crippen molar-refractivity contribution in [3.05, 3.63) is 0 Å². The van der Waals surface area contributed by atoms with Gasteiger partial charge in [-0.05, 0) is 31.1 Å². The predicted molar refractivity (Wildman–Crippen MR) is 78.7 cm³/mol. The van der Waals surface area contributed by atoms with Crippen molar-refractivity contribution < 1.29 is 4.79 Å². The van der Waals surface area contributed by atoms with Crippen molar-refractivity contribution in [1.82, 2.24) is 10.2 Å². The molecule has 3 nitrogen and oxygen atoms in total. The second-order valence-electron chi connectivity index (χ2n) is 6.77. The lowest BCUT2D eigenvalue weighted by molar-refractivity contribution is -0.130. The molecule has 2 fully saturated rings. The molecule has 0 aromatic rings. The van der Waals surface area contributed by atoms with Gasteiger partial charge < -0.3 is 4.90 Å². The van der Waals surface area contributed by atoms with Gasteiger partial charge in [0.25, 0.3) is 0 Å². The summed E-state index contributed by atoms with van der Waals surface area (Å²) in [6, 6.07) is 0.0675. The van der Waals surface area contributed by atoms with Crippen LogP contribution in [0.25, 0.3) is 0 Å². The minimum atomic E-state index is 0.0675. The summed E-state index contributed by atoms with van der Waals surface area (Å²) in [5.74, 6) is 1.82. The fraction of sp³-hybridized carbons (Fsp3) is 0.938. The average Bonchev–Trinajstić information content (AvgIpc) is 2.55. The molecular weight excluding hydrogens is 236 g/mol. The minimum absolute atomic E-state index is 0.0675. The smallest absolute Gasteiger partial charge is 0.241 e. The molecule has 1 N–H and O–H groups in total. The zero-order valence-electron chi connectivity index (χ0n) is 12.8. The van der Waals surface area contributed by atoms with Crippen LogP contribution in [-0.2, 0) is 4.79 Å². The normalized spacial score (nSPS) is 28.2. The number of nitrogens with zero attached hydrogens (tertiary/aromatic N) is 1. The van der Waals surface area contributed by atoms with Gasteiger partial charge in [0, 0.05) is 6.54 Å². The number of carbonyl (C=O) groups excluding carboxylic acids is 1. The van der Waals surface area contributed by atoms with E-state index in [1.165, 1.54) is 25.7 Å². The topological polar surface area (TPSA) is 32.3 Å². The largest absolute Gasteiger partial charge is 0.326 e. The molecule has 2 aliphatic rings. The summed E-state index contributed by atoms with van der Waals surface area (Å²) >= 11 is 0. The summed E-state index contributed by atoms with van der Waals surface area (Å²) in [6.45, 7) is 7.56. The van der Waals surface area contributed by atoms with Crippen molar-refractivity contribution in [2.75, 3.05) is 6.54 Å². The molecule has 19 heavy (non-hydrogen) atoms. The van der Waals surface area contributed by atoms with Crippen molar-refractivity contribution in [3.63, 3.8) is 0 Å². The molecular formula is C16H30N2O. The predicted octanol–water partition coefficient (Wildman–Crippen LogP) is 3.15. The Balaban J connectivity index is 1.89. The first-order chi connectivity index (χ1) is 9.11. The van der Waals surface area contributed by atoms with Crippen LogP contribution in [0, 0.1) is 11.8 Å². The van der Waals surface area contributed by atoms with E-state index in [0.29, 0.717) is 18.0 Å². The number of carbonyl (C=O) groups is 1. The Morgan fingerprint density at radius 3 is 2.58 bits per heavy atom. The number of rotatable bonds is 7. The van der Waals surface area contributed by atoms with E-state index in [1.54, 1.807) is 0 Å². The number of amides is 1. The van der Waals surface area contributed by atoms with Gasteiger partial charge in [-0.3, -0.25) is 10.1 Å². The number of hydrogen-bond acceptors (Lipinski definition) is 2. The summed E-state index contributed by atoms with van der Waals surface area (Å²) < 4.78 is 0. The van der Waals surface area contributed by atoms with Crippen LogP contribution >= 0.6 is 0 Å². The highest BCUT2D eigenvalue weighted by molar-refractivity contribution is 5.84. The summed E-state index contributed by atoms with van der Waals surface area (Å²) in [7, 11) is 0. The minimum Gasteiger partial charge on any atom is -0.326 e. The molecule has 0 aromatic carbocycles. The Bertz CT molecular complexity index is 299. The van der Waals surface area contributed by atoms with E-state index in [1.807, 2.05) is 0 Å². The first-order valence-electron chi connectivity index (χ1n) is 8.18. The average molecular weight is 266 g/mol. The van der Waals surface area contributed by atoms with Crippen molar-refractivity contribution in [1.29, 1.82) is 0 Å². The van der Waals surface area contributed by atoms with Gasteiger partial charge >= 0.3 is 0 Å². The van der Waals surface area contributed by atoms with E-state index in [2.05, 4.69) is 31.0 Å². The third-order valence-electron chi connectivity index (χ3n) is 4.62. The van der Waals surface area contributed by atoms with E-state index < -0.39 is 0 Å². The molecule has 2 atom stereocenters. The van der Waals surface area contributed by atoms with Gasteiger partial charge in [0.1, 0.15) is 0 Å². The van der Waals surface area contributed by atoms with E-state index in [-0.39, 0.29) is 6.04 Å². The van der Waals surface area contributed by atoms with Crippen molar-refractivity contribution in [3.8, 4) is 0 Å². The molecule has 1 heterocycles.